The monoisotopic (exact) mass is 539 g/mol. The predicted molar refractivity (Wildman–Crippen MR) is 160 cm³/mol. The molecule has 4 aromatic rings. The van der Waals surface area contributed by atoms with Crippen molar-refractivity contribution in [2.45, 2.75) is 52.6 Å². The lowest BCUT2D eigenvalue weighted by molar-refractivity contribution is 0.262. The maximum absolute atomic E-state index is 13.0. The number of hydrogen-bond donors (Lipinski definition) is 3. The molecule has 0 unspecified atom stereocenters. The first kappa shape index (κ1) is 27.2. The Kier molecular flexibility index (Phi) is 8.02. The summed E-state index contributed by atoms with van der Waals surface area (Å²) in [6, 6.07) is 19.2. The number of urea groups is 1. The number of nitrogens with zero attached hydrogens (tertiary/aromatic N) is 4. The quantitative estimate of drug-likeness (QED) is 0.232. The smallest absolute Gasteiger partial charge is 0.324 e. The minimum atomic E-state index is -0.346. The summed E-state index contributed by atoms with van der Waals surface area (Å²) in [7, 11) is 2.14. The zero-order valence-corrected chi connectivity index (χ0v) is 23.7. The molecule has 9 heteroatoms. The molecule has 2 aromatic heterocycles. The van der Waals surface area contributed by atoms with Crippen molar-refractivity contribution in [3.63, 3.8) is 0 Å². The first-order chi connectivity index (χ1) is 19.2. The van der Waals surface area contributed by atoms with Crippen LogP contribution in [-0.4, -0.2) is 45.3 Å². The first-order valence-electron chi connectivity index (χ1n) is 13.7. The molecule has 0 saturated carbocycles. The Balaban J connectivity index is 1.27. The number of pyridine rings is 1. The van der Waals surface area contributed by atoms with Crippen LogP contribution >= 0.6 is 0 Å². The standard InChI is InChI=1S/C31H37N7O2/c1-20(2)28-18-30(38(36-28)25-9-6-22-13-15-37(5)19-23(22)16-25)35-31(39)34-24-7-10-26(11-8-24)40-27-12-14-32-29(17-27)33-21(3)4/h6-12,14,16-18,20-21H,13,15,19H2,1-5H3,(H,32,33)(H2,34,35,39). The van der Waals surface area contributed by atoms with Crippen molar-refractivity contribution < 1.29 is 9.53 Å². The zero-order valence-electron chi connectivity index (χ0n) is 23.7. The highest BCUT2D eigenvalue weighted by atomic mass is 16.5. The van der Waals surface area contributed by atoms with Gasteiger partial charge in [0.05, 0.1) is 11.4 Å². The Labute approximate surface area is 235 Å². The number of amides is 2. The molecule has 2 amide bonds. The number of anilines is 3. The number of carbonyl (C=O) groups excluding carboxylic acids is 1. The third-order valence-corrected chi connectivity index (χ3v) is 6.71. The molecule has 40 heavy (non-hydrogen) atoms. The zero-order chi connectivity index (χ0) is 28.2. The molecule has 0 saturated heterocycles. The van der Waals surface area contributed by atoms with E-state index in [1.54, 1.807) is 24.4 Å². The second-order valence-electron chi connectivity index (χ2n) is 10.8. The second-order valence-corrected chi connectivity index (χ2v) is 10.8. The van der Waals surface area contributed by atoms with Crippen molar-refractivity contribution in [2.24, 2.45) is 0 Å². The van der Waals surface area contributed by atoms with Crippen LogP contribution in [0.5, 0.6) is 11.5 Å². The van der Waals surface area contributed by atoms with Crippen molar-refractivity contribution in [3.05, 3.63) is 83.7 Å². The number of hydrogen-bond acceptors (Lipinski definition) is 6. The average molecular weight is 540 g/mol. The summed E-state index contributed by atoms with van der Waals surface area (Å²) in [6.45, 7) is 10.3. The molecule has 9 nitrogen and oxygen atoms in total. The van der Waals surface area contributed by atoms with Gasteiger partial charge in [-0.2, -0.15) is 5.10 Å². The van der Waals surface area contributed by atoms with Crippen LogP contribution in [0.15, 0.2) is 66.9 Å². The highest BCUT2D eigenvalue weighted by Gasteiger charge is 2.18. The number of likely N-dealkylation sites (N-methyl/N-ethyl adjacent to an activating group) is 1. The summed E-state index contributed by atoms with van der Waals surface area (Å²) in [5, 5.41) is 14.0. The minimum absolute atomic E-state index is 0.221. The molecular formula is C31H37N7O2. The summed E-state index contributed by atoms with van der Waals surface area (Å²) in [5.74, 6) is 2.93. The van der Waals surface area contributed by atoms with Gasteiger partial charge in [-0.05, 0) is 86.8 Å². The van der Waals surface area contributed by atoms with Crippen LogP contribution in [0.1, 0.15) is 50.4 Å². The molecule has 0 spiro atoms. The third-order valence-electron chi connectivity index (χ3n) is 6.71. The number of fused-ring (bicyclic) bond motifs is 1. The van der Waals surface area contributed by atoms with E-state index in [0.29, 0.717) is 23.0 Å². The average Bonchev–Trinajstić information content (AvgIpc) is 3.33. The van der Waals surface area contributed by atoms with Crippen molar-refractivity contribution in [2.75, 3.05) is 29.5 Å². The Bertz CT molecular complexity index is 1480. The van der Waals surface area contributed by atoms with Crippen LogP contribution in [0.25, 0.3) is 5.69 Å². The molecule has 1 aliphatic heterocycles. The van der Waals surface area contributed by atoms with Gasteiger partial charge in [0.15, 0.2) is 0 Å². The van der Waals surface area contributed by atoms with Crippen LogP contribution in [-0.2, 0) is 13.0 Å². The van der Waals surface area contributed by atoms with Gasteiger partial charge >= 0.3 is 6.03 Å². The predicted octanol–water partition coefficient (Wildman–Crippen LogP) is 6.64. The van der Waals surface area contributed by atoms with Gasteiger partial charge in [0.2, 0.25) is 0 Å². The fourth-order valence-electron chi connectivity index (χ4n) is 4.65. The van der Waals surface area contributed by atoms with E-state index in [0.717, 1.165) is 36.7 Å². The molecule has 0 atom stereocenters. The van der Waals surface area contributed by atoms with Gasteiger partial charge in [-0.15, -0.1) is 0 Å². The van der Waals surface area contributed by atoms with E-state index < -0.39 is 0 Å². The number of benzene rings is 2. The van der Waals surface area contributed by atoms with Crippen molar-refractivity contribution in [1.29, 1.82) is 0 Å². The molecule has 3 N–H and O–H groups in total. The van der Waals surface area contributed by atoms with Gasteiger partial charge < -0.3 is 20.3 Å². The van der Waals surface area contributed by atoms with E-state index in [2.05, 4.69) is 78.8 Å². The lowest BCUT2D eigenvalue weighted by Crippen LogP contribution is -2.26. The SMILES string of the molecule is CC(C)Nc1cc(Oc2ccc(NC(=O)Nc3cc(C(C)C)nn3-c3ccc4c(c3)CN(C)CC4)cc2)ccn1. The number of carbonyl (C=O) groups is 1. The summed E-state index contributed by atoms with van der Waals surface area (Å²) >= 11 is 0. The topological polar surface area (TPSA) is 96.3 Å². The van der Waals surface area contributed by atoms with Crippen LogP contribution in [0.4, 0.5) is 22.1 Å². The third kappa shape index (κ3) is 6.60. The second kappa shape index (κ2) is 11.8. The Morgan fingerprint density at radius 2 is 1.73 bits per heavy atom. The highest BCUT2D eigenvalue weighted by molar-refractivity contribution is 5.99. The Hall–Kier alpha value is -4.37. The number of aromatic nitrogens is 3. The molecular weight excluding hydrogens is 502 g/mol. The Morgan fingerprint density at radius 1 is 0.925 bits per heavy atom. The molecule has 5 rings (SSSR count). The summed E-state index contributed by atoms with van der Waals surface area (Å²) in [4.78, 5) is 19.6. The van der Waals surface area contributed by atoms with E-state index in [1.165, 1.54) is 11.1 Å². The van der Waals surface area contributed by atoms with Crippen molar-refractivity contribution in [3.8, 4) is 17.2 Å². The summed E-state index contributed by atoms with van der Waals surface area (Å²) in [5.41, 5.74) is 5.16. The highest BCUT2D eigenvalue weighted by Crippen LogP contribution is 2.27. The van der Waals surface area contributed by atoms with Crippen LogP contribution in [0, 0.1) is 0 Å². The number of ether oxygens (including phenoxy) is 1. The van der Waals surface area contributed by atoms with Gasteiger partial charge in [0.1, 0.15) is 23.1 Å². The van der Waals surface area contributed by atoms with Gasteiger partial charge in [-0.25, -0.2) is 14.5 Å². The largest absolute Gasteiger partial charge is 0.457 e. The maximum Gasteiger partial charge on any atom is 0.324 e. The molecule has 0 aliphatic carbocycles. The molecule has 2 aromatic carbocycles. The van der Waals surface area contributed by atoms with E-state index in [1.807, 2.05) is 28.9 Å². The van der Waals surface area contributed by atoms with Gasteiger partial charge in [0, 0.05) is 43.1 Å². The molecule has 1 aliphatic rings. The van der Waals surface area contributed by atoms with Gasteiger partial charge in [-0.1, -0.05) is 19.9 Å². The molecule has 3 heterocycles. The van der Waals surface area contributed by atoms with Crippen LogP contribution < -0.4 is 20.7 Å². The normalized spacial score (nSPS) is 13.3. The lowest BCUT2D eigenvalue weighted by Gasteiger charge is -2.25. The summed E-state index contributed by atoms with van der Waals surface area (Å²) in [6.07, 6.45) is 2.75. The van der Waals surface area contributed by atoms with Crippen molar-refractivity contribution in [1.82, 2.24) is 19.7 Å². The minimum Gasteiger partial charge on any atom is -0.457 e. The number of rotatable bonds is 8. The first-order valence-corrected chi connectivity index (χ1v) is 13.7. The molecule has 0 bridgehead atoms. The lowest BCUT2D eigenvalue weighted by atomic mass is 9.99. The van der Waals surface area contributed by atoms with Crippen LogP contribution in [0.3, 0.4) is 0 Å². The molecule has 0 radical (unpaired) electrons. The van der Waals surface area contributed by atoms with Gasteiger partial charge in [-0.3, -0.25) is 5.32 Å². The van der Waals surface area contributed by atoms with E-state index in [9.17, 15) is 4.79 Å². The Morgan fingerprint density at radius 3 is 2.48 bits per heavy atom. The number of nitrogens with one attached hydrogen (secondary N) is 3. The van der Waals surface area contributed by atoms with Crippen molar-refractivity contribution >= 4 is 23.4 Å². The maximum atomic E-state index is 13.0. The fourth-order valence-corrected chi connectivity index (χ4v) is 4.65. The fraction of sp³-hybridized carbons (Fsp3) is 0.323. The van der Waals surface area contributed by atoms with E-state index >= 15 is 0 Å². The van der Waals surface area contributed by atoms with Crippen LogP contribution in [0.2, 0.25) is 0 Å². The van der Waals surface area contributed by atoms with E-state index in [-0.39, 0.29) is 18.0 Å². The summed E-state index contributed by atoms with van der Waals surface area (Å²) < 4.78 is 7.79. The van der Waals surface area contributed by atoms with E-state index in [4.69, 9.17) is 9.84 Å². The van der Waals surface area contributed by atoms with Gasteiger partial charge in [0.25, 0.3) is 0 Å². The molecule has 208 valence electrons. The molecule has 0 fully saturated rings.